The van der Waals surface area contributed by atoms with Crippen molar-refractivity contribution in [2.45, 2.75) is 71.4 Å². The Labute approximate surface area is 226 Å². The molecule has 0 fully saturated rings. The molecule has 3 rings (SSSR count). The summed E-state index contributed by atoms with van der Waals surface area (Å²) in [5.74, 6) is -0.904. The van der Waals surface area contributed by atoms with E-state index in [2.05, 4.69) is 65.9 Å². The molecular formula is C26H32BrFN4O4Si. The van der Waals surface area contributed by atoms with Gasteiger partial charge in [0.1, 0.15) is 34.3 Å². The Kier molecular flexibility index (Phi) is 8.17. The lowest BCUT2D eigenvalue weighted by Crippen LogP contribution is -2.42. The predicted octanol–water partition coefficient (Wildman–Crippen LogP) is 6.60. The number of esters is 1. The van der Waals surface area contributed by atoms with Crippen LogP contribution in [0.5, 0.6) is 5.75 Å². The third-order valence-electron chi connectivity index (χ3n) is 6.11. The summed E-state index contributed by atoms with van der Waals surface area (Å²) in [6.07, 6.45) is 2.02. The Morgan fingerprint density at radius 3 is 2.46 bits per heavy atom. The molecule has 0 aromatic carbocycles. The maximum atomic E-state index is 13.6. The lowest BCUT2D eigenvalue weighted by atomic mass is 10.1. The fraction of sp³-hybridized carbons (Fsp3) is 0.462. The minimum Gasteiger partial charge on any atom is -0.479 e. The van der Waals surface area contributed by atoms with Crippen molar-refractivity contribution in [1.82, 2.24) is 14.6 Å². The third-order valence-corrected chi connectivity index (χ3v) is 11.0. The van der Waals surface area contributed by atoms with E-state index in [-0.39, 0.29) is 28.7 Å². The lowest BCUT2D eigenvalue weighted by molar-refractivity contribution is 0.00621. The van der Waals surface area contributed by atoms with Gasteiger partial charge in [0.25, 0.3) is 0 Å². The molecule has 0 N–H and O–H groups in total. The highest BCUT2D eigenvalue weighted by atomic mass is 79.9. The molecule has 0 bridgehead atoms. The molecule has 3 aromatic rings. The quantitative estimate of drug-likeness (QED) is 0.226. The van der Waals surface area contributed by atoms with Crippen molar-refractivity contribution in [3.05, 3.63) is 57.8 Å². The SMILES string of the molecule is CC(C)(C)OC(=O)c1nn2cc(Br)cc(OC(CO[Si](C)(C)C(C)(C)C)c3ccc(F)cn3)c2c1C#N. The minimum atomic E-state index is -2.17. The number of ether oxygens (including phenoxy) is 2. The van der Waals surface area contributed by atoms with Crippen LogP contribution < -0.4 is 4.74 Å². The first-order valence-electron chi connectivity index (χ1n) is 11.8. The first-order chi connectivity index (χ1) is 17.0. The highest BCUT2D eigenvalue weighted by Gasteiger charge is 2.38. The van der Waals surface area contributed by atoms with Gasteiger partial charge in [-0.25, -0.2) is 13.7 Å². The van der Waals surface area contributed by atoms with Gasteiger partial charge < -0.3 is 13.9 Å². The smallest absolute Gasteiger partial charge is 0.360 e. The summed E-state index contributed by atoms with van der Waals surface area (Å²) in [6.45, 7) is 16.0. The molecule has 3 heterocycles. The van der Waals surface area contributed by atoms with Crippen molar-refractivity contribution in [2.24, 2.45) is 0 Å². The largest absolute Gasteiger partial charge is 0.479 e. The second kappa shape index (κ2) is 10.5. The number of aromatic nitrogens is 3. The van der Waals surface area contributed by atoms with Crippen LogP contribution in [0.4, 0.5) is 4.39 Å². The Bertz CT molecular complexity index is 1340. The Hall–Kier alpha value is -2.81. The zero-order valence-electron chi connectivity index (χ0n) is 22.3. The van der Waals surface area contributed by atoms with Gasteiger partial charge in [0.05, 0.1) is 18.5 Å². The van der Waals surface area contributed by atoms with Crippen molar-refractivity contribution in [3.8, 4) is 11.8 Å². The molecule has 0 spiro atoms. The average Bonchev–Trinajstić information content (AvgIpc) is 3.14. The molecule has 0 aliphatic rings. The van der Waals surface area contributed by atoms with Crippen LogP contribution in [0, 0.1) is 17.1 Å². The van der Waals surface area contributed by atoms with Gasteiger partial charge in [-0.2, -0.15) is 10.4 Å². The molecular weight excluding hydrogens is 559 g/mol. The molecule has 0 amide bonds. The van der Waals surface area contributed by atoms with E-state index in [1.165, 1.54) is 16.6 Å². The molecule has 198 valence electrons. The summed E-state index contributed by atoms with van der Waals surface area (Å²) in [6, 6.07) is 6.60. The van der Waals surface area contributed by atoms with Crippen LogP contribution in [0.1, 0.15) is 69.4 Å². The van der Waals surface area contributed by atoms with E-state index >= 15 is 0 Å². The number of hydrogen-bond acceptors (Lipinski definition) is 7. The average molecular weight is 592 g/mol. The second-order valence-corrected chi connectivity index (χ2v) is 17.0. The monoisotopic (exact) mass is 590 g/mol. The highest BCUT2D eigenvalue weighted by molar-refractivity contribution is 9.10. The second-order valence-electron chi connectivity index (χ2n) is 11.2. The van der Waals surface area contributed by atoms with Crippen molar-refractivity contribution < 1.29 is 23.1 Å². The van der Waals surface area contributed by atoms with Crippen LogP contribution in [0.2, 0.25) is 18.1 Å². The van der Waals surface area contributed by atoms with Crippen LogP contribution in [0.15, 0.2) is 35.1 Å². The fourth-order valence-electron chi connectivity index (χ4n) is 3.19. The van der Waals surface area contributed by atoms with Crippen molar-refractivity contribution in [3.63, 3.8) is 0 Å². The number of nitrogens with zero attached hydrogens (tertiary/aromatic N) is 4. The summed E-state index contributed by atoms with van der Waals surface area (Å²) >= 11 is 3.45. The normalized spacial score (nSPS) is 13.3. The summed E-state index contributed by atoms with van der Waals surface area (Å²) < 4.78 is 33.9. The van der Waals surface area contributed by atoms with Gasteiger partial charge in [-0.1, -0.05) is 20.8 Å². The first kappa shape index (κ1) is 28.8. The fourth-order valence-corrected chi connectivity index (χ4v) is 4.59. The number of nitriles is 1. The maximum Gasteiger partial charge on any atom is 0.360 e. The third kappa shape index (κ3) is 6.74. The number of fused-ring (bicyclic) bond motifs is 1. The first-order valence-corrected chi connectivity index (χ1v) is 15.5. The Balaban J connectivity index is 2.09. The molecule has 8 nitrogen and oxygen atoms in total. The van der Waals surface area contributed by atoms with Crippen LogP contribution in [-0.2, 0) is 9.16 Å². The lowest BCUT2D eigenvalue weighted by Gasteiger charge is -2.37. The summed E-state index contributed by atoms with van der Waals surface area (Å²) in [5, 5.41) is 14.3. The highest BCUT2D eigenvalue weighted by Crippen LogP contribution is 2.38. The van der Waals surface area contributed by atoms with Gasteiger partial charge in [-0.15, -0.1) is 0 Å². The van der Waals surface area contributed by atoms with E-state index in [1.54, 1.807) is 33.0 Å². The van der Waals surface area contributed by atoms with E-state index in [1.807, 2.05) is 0 Å². The Morgan fingerprint density at radius 1 is 1.24 bits per heavy atom. The molecule has 0 radical (unpaired) electrons. The van der Waals surface area contributed by atoms with Gasteiger partial charge in [-0.3, -0.25) is 4.98 Å². The van der Waals surface area contributed by atoms with Crippen LogP contribution in [-0.4, -0.2) is 41.1 Å². The molecule has 0 saturated heterocycles. The van der Waals surface area contributed by atoms with Crippen molar-refractivity contribution >= 4 is 35.7 Å². The minimum absolute atomic E-state index is 0.0212. The number of rotatable bonds is 7. The van der Waals surface area contributed by atoms with Gasteiger partial charge in [0, 0.05) is 10.7 Å². The topological polar surface area (TPSA) is 98.7 Å². The van der Waals surface area contributed by atoms with E-state index in [4.69, 9.17) is 13.9 Å². The number of halogens is 2. The summed E-state index contributed by atoms with van der Waals surface area (Å²) in [7, 11) is -2.17. The zero-order chi connectivity index (χ0) is 27.8. The number of carbonyl (C=O) groups excluding carboxylic acids is 1. The molecule has 0 saturated carbocycles. The van der Waals surface area contributed by atoms with Gasteiger partial charge >= 0.3 is 5.97 Å². The van der Waals surface area contributed by atoms with E-state index < -0.39 is 31.8 Å². The zero-order valence-corrected chi connectivity index (χ0v) is 24.9. The van der Waals surface area contributed by atoms with Gasteiger partial charge in [0.15, 0.2) is 20.1 Å². The van der Waals surface area contributed by atoms with E-state index in [0.717, 1.165) is 6.20 Å². The molecule has 11 heteroatoms. The van der Waals surface area contributed by atoms with Crippen LogP contribution in [0.25, 0.3) is 5.52 Å². The number of pyridine rings is 2. The molecule has 1 unspecified atom stereocenters. The number of carbonyl (C=O) groups is 1. The molecule has 37 heavy (non-hydrogen) atoms. The maximum absolute atomic E-state index is 13.6. The van der Waals surface area contributed by atoms with Crippen molar-refractivity contribution in [2.75, 3.05) is 6.61 Å². The Morgan fingerprint density at radius 2 is 1.92 bits per heavy atom. The standard InChI is InChI=1S/C26H32BrFN4O4Si/c1-25(2,3)36-24(33)22-18(12-29)23-20(11-16(27)14-32(23)31-22)35-21(19-10-9-17(28)13-30-19)15-34-37(7,8)26(4,5)6/h9-11,13-14,21H,15H2,1-8H3. The van der Waals surface area contributed by atoms with Crippen molar-refractivity contribution in [1.29, 1.82) is 5.26 Å². The van der Waals surface area contributed by atoms with Crippen LogP contribution >= 0.6 is 15.9 Å². The molecule has 0 aliphatic heterocycles. The number of hydrogen-bond donors (Lipinski definition) is 0. The van der Waals surface area contributed by atoms with E-state index in [9.17, 15) is 14.4 Å². The summed E-state index contributed by atoms with van der Waals surface area (Å²) in [4.78, 5) is 17.0. The van der Waals surface area contributed by atoms with Crippen LogP contribution in [0.3, 0.4) is 0 Å². The van der Waals surface area contributed by atoms with Gasteiger partial charge in [0.2, 0.25) is 0 Å². The predicted molar refractivity (Wildman–Crippen MR) is 143 cm³/mol. The molecule has 3 aromatic heterocycles. The molecule has 0 aliphatic carbocycles. The molecule has 1 atom stereocenters. The summed E-state index contributed by atoms with van der Waals surface area (Å²) in [5.41, 5.74) is -0.100. The van der Waals surface area contributed by atoms with E-state index in [0.29, 0.717) is 15.7 Å². The van der Waals surface area contributed by atoms with Gasteiger partial charge in [-0.05, 0) is 73.0 Å².